The fourth-order valence-electron chi connectivity index (χ4n) is 1.75. The van der Waals surface area contributed by atoms with Gasteiger partial charge in [0.2, 0.25) is 0 Å². The highest BCUT2D eigenvalue weighted by Crippen LogP contribution is 2.36. The van der Waals surface area contributed by atoms with E-state index in [4.69, 9.17) is 0 Å². The first-order chi connectivity index (χ1) is 7.66. The quantitative estimate of drug-likeness (QED) is 0.534. The van der Waals surface area contributed by atoms with Crippen LogP contribution in [0.1, 0.15) is 6.92 Å². The summed E-state index contributed by atoms with van der Waals surface area (Å²) in [5, 5.41) is 10.2. The number of rotatable bonds is 0. The summed E-state index contributed by atoms with van der Waals surface area (Å²) in [7, 11) is 0. The third-order valence-corrected chi connectivity index (χ3v) is 4.47. The molecule has 0 radical (unpaired) electrons. The summed E-state index contributed by atoms with van der Waals surface area (Å²) in [6.07, 6.45) is 0. The molecule has 2 aliphatic heterocycles. The molecular weight excluding hydrogens is 248 g/mol. The van der Waals surface area contributed by atoms with Gasteiger partial charge in [0, 0.05) is 12.3 Å². The van der Waals surface area contributed by atoms with Crippen molar-refractivity contribution >= 4 is 35.4 Å². The summed E-state index contributed by atoms with van der Waals surface area (Å²) < 4.78 is 5.28. The molecule has 0 aliphatic carbocycles. The molecule has 0 amide bonds. The van der Waals surface area contributed by atoms with Gasteiger partial charge in [-0.2, -0.15) is 4.47 Å². The molecule has 16 heavy (non-hydrogen) atoms. The van der Waals surface area contributed by atoms with E-state index in [1.54, 1.807) is 16.3 Å². The second-order valence-electron chi connectivity index (χ2n) is 3.89. The van der Waals surface area contributed by atoms with Gasteiger partial charge in [-0.25, -0.2) is 4.98 Å². The number of thioether (sulfide) groups is 1. The van der Waals surface area contributed by atoms with Crippen LogP contribution >= 0.6 is 23.9 Å². The molecule has 2 N–H and O–H groups in total. The summed E-state index contributed by atoms with van der Waals surface area (Å²) in [6.45, 7) is 2.76. The van der Waals surface area contributed by atoms with Crippen molar-refractivity contribution in [2.24, 2.45) is 5.92 Å². The Kier molecular flexibility index (Phi) is 2.30. The Morgan fingerprint density at radius 1 is 1.62 bits per heavy atom. The van der Waals surface area contributed by atoms with Crippen LogP contribution in [0.15, 0.2) is 9.95 Å². The van der Waals surface area contributed by atoms with Crippen molar-refractivity contribution in [2.75, 3.05) is 14.9 Å². The van der Waals surface area contributed by atoms with Gasteiger partial charge in [-0.3, -0.25) is 19.3 Å². The van der Waals surface area contributed by atoms with Crippen LogP contribution in [0.2, 0.25) is 0 Å². The molecule has 1 unspecified atom stereocenters. The fraction of sp³-hybridized carbons (Fsp3) is 0.500. The molecule has 0 bridgehead atoms. The third kappa shape index (κ3) is 1.40. The molecule has 2 aliphatic rings. The molecule has 1 aromatic rings. The Bertz CT molecular complexity index is 504. The molecule has 1 atom stereocenters. The van der Waals surface area contributed by atoms with Gasteiger partial charge < -0.3 is 0 Å². The second-order valence-corrected chi connectivity index (χ2v) is 5.61. The standard InChI is InChI=1S/C8H10N4O2S2/c1-4-2-11-7(13)5-6(10-16-12(5)14)9-8(11)15-3-4/h4,10,14H,2-3H2,1H3. The van der Waals surface area contributed by atoms with E-state index in [2.05, 4.69) is 16.6 Å². The minimum absolute atomic E-state index is 0.181. The van der Waals surface area contributed by atoms with Crippen molar-refractivity contribution in [2.45, 2.75) is 18.6 Å². The summed E-state index contributed by atoms with van der Waals surface area (Å²) in [4.78, 5) is 16.4. The zero-order valence-electron chi connectivity index (χ0n) is 8.51. The van der Waals surface area contributed by atoms with E-state index in [9.17, 15) is 10.0 Å². The second kappa shape index (κ2) is 3.57. The van der Waals surface area contributed by atoms with Crippen molar-refractivity contribution < 1.29 is 5.21 Å². The molecule has 86 valence electrons. The van der Waals surface area contributed by atoms with Gasteiger partial charge in [0.25, 0.3) is 5.56 Å². The molecular formula is C8H10N4O2S2. The molecule has 6 nitrogen and oxygen atoms in total. The maximum absolute atomic E-state index is 12.1. The largest absolute Gasteiger partial charge is 0.293 e. The molecule has 0 saturated carbocycles. The van der Waals surface area contributed by atoms with Crippen molar-refractivity contribution in [3.63, 3.8) is 0 Å². The molecule has 0 spiro atoms. The Morgan fingerprint density at radius 2 is 2.44 bits per heavy atom. The van der Waals surface area contributed by atoms with E-state index >= 15 is 0 Å². The van der Waals surface area contributed by atoms with Crippen LogP contribution in [0, 0.1) is 5.92 Å². The zero-order chi connectivity index (χ0) is 11.3. The lowest BCUT2D eigenvalue weighted by atomic mass is 10.2. The van der Waals surface area contributed by atoms with Crippen LogP contribution in [0.4, 0.5) is 11.5 Å². The van der Waals surface area contributed by atoms with Gasteiger partial charge in [-0.05, 0) is 5.92 Å². The van der Waals surface area contributed by atoms with E-state index < -0.39 is 0 Å². The average Bonchev–Trinajstić information content (AvgIpc) is 2.62. The Labute approximate surface area is 100 Å². The minimum Gasteiger partial charge on any atom is -0.293 e. The number of aromatic nitrogens is 2. The number of hydrogen-bond acceptors (Lipinski definition) is 7. The first-order valence-corrected chi connectivity index (χ1v) is 6.62. The highest BCUT2D eigenvalue weighted by Gasteiger charge is 2.29. The monoisotopic (exact) mass is 258 g/mol. The number of fused-ring (bicyclic) bond motifs is 2. The van der Waals surface area contributed by atoms with Gasteiger partial charge in [-0.15, -0.1) is 0 Å². The van der Waals surface area contributed by atoms with Crippen LogP contribution < -0.4 is 14.7 Å². The Balaban J connectivity index is 2.20. The lowest BCUT2D eigenvalue weighted by Gasteiger charge is -2.22. The highest BCUT2D eigenvalue weighted by atomic mass is 32.2. The molecule has 0 fully saturated rings. The van der Waals surface area contributed by atoms with Crippen LogP contribution in [0.3, 0.4) is 0 Å². The molecule has 0 saturated heterocycles. The van der Waals surface area contributed by atoms with Gasteiger partial charge in [0.1, 0.15) is 0 Å². The summed E-state index contributed by atoms with van der Waals surface area (Å²) in [5.41, 5.74) is 0.0440. The fourth-order valence-corrected chi connectivity index (χ4v) is 3.33. The number of nitrogens with zero attached hydrogens (tertiary/aromatic N) is 3. The normalized spacial score (nSPS) is 22.6. The minimum atomic E-state index is -0.181. The SMILES string of the molecule is CC1CSc2nc3c(c(=O)n2C1)N(O)SN3. The van der Waals surface area contributed by atoms with Crippen molar-refractivity contribution in [1.82, 2.24) is 9.55 Å². The molecule has 8 heteroatoms. The number of hydrogen-bond donors (Lipinski definition) is 2. The van der Waals surface area contributed by atoms with Crippen LogP contribution in [-0.2, 0) is 6.54 Å². The van der Waals surface area contributed by atoms with Gasteiger partial charge in [0.15, 0.2) is 16.7 Å². The predicted octanol–water partition coefficient (Wildman–Crippen LogP) is 1.17. The van der Waals surface area contributed by atoms with E-state index in [-0.39, 0.29) is 11.2 Å². The van der Waals surface area contributed by atoms with E-state index in [1.807, 2.05) is 0 Å². The van der Waals surface area contributed by atoms with E-state index in [0.717, 1.165) is 27.5 Å². The first kappa shape index (κ1) is 10.3. The van der Waals surface area contributed by atoms with Crippen molar-refractivity contribution in [3.05, 3.63) is 10.4 Å². The lowest BCUT2D eigenvalue weighted by molar-refractivity contribution is 0.331. The van der Waals surface area contributed by atoms with Gasteiger partial charge in [-0.1, -0.05) is 18.7 Å². The summed E-state index contributed by atoms with van der Waals surface area (Å²) >= 11 is 2.53. The predicted molar refractivity (Wildman–Crippen MR) is 63.9 cm³/mol. The van der Waals surface area contributed by atoms with Gasteiger partial charge >= 0.3 is 0 Å². The molecule has 3 rings (SSSR count). The maximum atomic E-state index is 12.1. The number of anilines is 2. The number of nitrogens with one attached hydrogen (secondary N) is 1. The van der Waals surface area contributed by atoms with Crippen LogP contribution in [0.5, 0.6) is 0 Å². The maximum Gasteiger partial charge on any atom is 0.283 e. The summed E-state index contributed by atoms with van der Waals surface area (Å²) in [5.74, 6) is 1.87. The average molecular weight is 258 g/mol. The third-order valence-electron chi connectivity index (χ3n) is 2.52. The Hall–Kier alpha value is -0.860. The first-order valence-electron chi connectivity index (χ1n) is 4.86. The Morgan fingerprint density at radius 3 is 3.25 bits per heavy atom. The van der Waals surface area contributed by atoms with Crippen LogP contribution in [0.25, 0.3) is 0 Å². The van der Waals surface area contributed by atoms with Gasteiger partial charge in [0.05, 0.1) is 12.1 Å². The lowest BCUT2D eigenvalue weighted by Crippen LogP contribution is -2.31. The van der Waals surface area contributed by atoms with E-state index in [0.29, 0.717) is 18.3 Å². The highest BCUT2D eigenvalue weighted by molar-refractivity contribution is 8.02. The molecule has 3 heterocycles. The zero-order valence-corrected chi connectivity index (χ0v) is 10.1. The smallest absolute Gasteiger partial charge is 0.283 e. The van der Waals surface area contributed by atoms with Crippen molar-refractivity contribution in [1.29, 1.82) is 0 Å². The topological polar surface area (TPSA) is 70.4 Å². The van der Waals surface area contributed by atoms with Crippen LogP contribution in [-0.4, -0.2) is 20.5 Å². The van der Waals surface area contributed by atoms with Crippen molar-refractivity contribution in [3.8, 4) is 0 Å². The molecule has 1 aromatic heterocycles. The van der Waals surface area contributed by atoms with E-state index in [1.165, 1.54) is 0 Å². The summed E-state index contributed by atoms with van der Waals surface area (Å²) in [6, 6.07) is 0. The molecule has 0 aromatic carbocycles.